The van der Waals surface area contributed by atoms with Gasteiger partial charge in [-0.05, 0) is 132 Å². The number of imidazole rings is 1. The van der Waals surface area contributed by atoms with Crippen molar-refractivity contribution in [3.05, 3.63) is 189 Å². The standard InChI is InChI=1S/2C10H15N.3C9H14N2.C9H15N.2C8H14N2.C8H12O2/c1-8-7-9(5-6-11-8)10(2,3)4;1-8-6-5-7-9(11-8)10(2,3)4;1-7-5-8(9(2,3)4)11-6-10-7;1-7-10-6-5-8(11-7)9(2,3)4;1-7-5-6-10-8(11-7)9(2,3)4;1-7-8(5-6-10-7)9(2,3)4;1-6-9-5-7(10-6)8(2,3)4;1-6-5-7(10-9-6)8(2,3)4;1-8(2,3)6-4-5-7(9)10-6/h2*5-7H,1-4H3;3*5-6H,1-4H3;5H,6H2,1-4H3;2*5H,1-4H3,(H,9,10);4-6H,1-3H3. The minimum absolute atomic E-state index is 0.0304. The Morgan fingerprint density at radius 3 is 1.29 bits per heavy atom. The minimum Gasteiger partial charge on any atom is -0.454 e. The molecule has 2 N–H and O–H groups in total. The van der Waals surface area contributed by atoms with E-state index in [1.807, 2.05) is 124 Å². The Kier molecular flexibility index (Phi) is 32.5. The molecule has 0 bridgehead atoms. The van der Waals surface area contributed by atoms with Gasteiger partial charge < -0.3 is 9.72 Å². The predicted octanol–water partition coefficient (Wildman–Crippen LogP) is 19.6. The molecule has 0 saturated heterocycles. The topological polar surface area (TPSA) is 199 Å². The van der Waals surface area contributed by atoms with Crippen LogP contribution in [0.3, 0.4) is 0 Å². The van der Waals surface area contributed by atoms with Crippen molar-refractivity contribution in [3.63, 3.8) is 0 Å². The normalized spacial score (nSPS) is 13.9. The number of carbonyl (C=O) groups excluding carboxylic acids is 1. The molecular formula is C80H127N13O2. The van der Waals surface area contributed by atoms with Crippen molar-refractivity contribution in [3.8, 4) is 0 Å². The molecule has 7 aromatic heterocycles. The molecule has 0 radical (unpaired) electrons. The van der Waals surface area contributed by atoms with Crippen LogP contribution in [-0.2, 0) is 47.4 Å². The van der Waals surface area contributed by atoms with Gasteiger partial charge in [0.2, 0.25) is 0 Å². The first kappa shape index (κ1) is 85.6. The van der Waals surface area contributed by atoms with E-state index in [4.69, 9.17) is 4.74 Å². The summed E-state index contributed by atoms with van der Waals surface area (Å²) in [6.07, 6.45) is 14.5. The SMILES string of the molecule is CC(C)(C)C1C=CC(=O)O1.CC1=NCC=C1C(C)(C)C.Cc1cc(C(C)(C)C)ccn1.Cc1cc(C(C)(C)C)n[nH]1.Cc1cc(C(C)(C)C)ncn1.Cc1cccc(C(C)(C)C)n1.Cc1ccnc(C(C)(C)C)n1.Cc1ncc(C(C)(C)C)[nH]1.Cc1nccc(C(C)(C)C)n1. The van der Waals surface area contributed by atoms with Gasteiger partial charge in [-0.3, -0.25) is 20.1 Å². The average Bonchev–Trinajstić information content (AvgIpc) is 1.75. The van der Waals surface area contributed by atoms with Crippen LogP contribution in [-0.4, -0.2) is 84.4 Å². The zero-order valence-corrected chi connectivity index (χ0v) is 65.8. The second-order valence-electron chi connectivity index (χ2n) is 33.9. The molecule has 1 atom stereocenters. The lowest BCUT2D eigenvalue weighted by Crippen LogP contribution is -2.25. The molecule has 95 heavy (non-hydrogen) atoms. The number of aliphatic imine (C=N–C) groups is 1. The van der Waals surface area contributed by atoms with Crippen molar-refractivity contribution in [1.29, 1.82) is 0 Å². The number of cyclic esters (lactones) is 1. The van der Waals surface area contributed by atoms with Crippen LogP contribution >= 0.6 is 0 Å². The van der Waals surface area contributed by atoms with Crippen LogP contribution in [0, 0.1) is 59.3 Å². The molecule has 15 heteroatoms. The van der Waals surface area contributed by atoms with Crippen LogP contribution in [0.15, 0.2) is 115 Å². The summed E-state index contributed by atoms with van der Waals surface area (Å²) < 4.78 is 4.98. The molecule has 7 aromatic rings. The number of hydrogen-bond acceptors (Lipinski definition) is 13. The van der Waals surface area contributed by atoms with Crippen LogP contribution in [0.2, 0.25) is 0 Å². The van der Waals surface area contributed by atoms with Gasteiger partial charge in [-0.25, -0.2) is 39.7 Å². The molecule has 0 fully saturated rings. The number of rotatable bonds is 0. The Morgan fingerprint density at radius 1 is 0.463 bits per heavy atom. The summed E-state index contributed by atoms with van der Waals surface area (Å²) in [6, 6.07) is 18.4. The number of aromatic nitrogens is 12. The molecule has 9 heterocycles. The number of hydrogen-bond donors (Lipinski definition) is 2. The number of H-pyrrole nitrogens is 2. The number of aromatic amines is 2. The summed E-state index contributed by atoms with van der Waals surface area (Å²) in [6.45, 7) is 75.0. The van der Waals surface area contributed by atoms with Crippen molar-refractivity contribution >= 4 is 11.7 Å². The number of aryl methyl sites for hydroxylation is 7. The largest absolute Gasteiger partial charge is 0.454 e. The van der Waals surface area contributed by atoms with Gasteiger partial charge in [0.25, 0.3) is 0 Å². The highest BCUT2D eigenvalue weighted by molar-refractivity contribution is 6.00. The van der Waals surface area contributed by atoms with Crippen molar-refractivity contribution < 1.29 is 9.53 Å². The third-order valence-corrected chi connectivity index (χ3v) is 14.3. The van der Waals surface area contributed by atoms with Gasteiger partial charge in [-0.15, -0.1) is 0 Å². The fourth-order valence-electron chi connectivity index (χ4n) is 8.32. The molecule has 0 amide bonds. The molecule has 2 aliphatic rings. The third-order valence-electron chi connectivity index (χ3n) is 14.3. The molecule has 524 valence electrons. The Balaban J connectivity index is 0.000000535. The summed E-state index contributed by atoms with van der Waals surface area (Å²) in [5, 5.41) is 7.09. The number of pyridine rings is 2. The minimum atomic E-state index is -0.222. The monoisotopic (exact) mass is 1300 g/mol. The fourth-order valence-corrected chi connectivity index (χ4v) is 8.32. The summed E-state index contributed by atoms with van der Waals surface area (Å²) in [4.78, 5) is 56.0. The third kappa shape index (κ3) is 34.7. The Labute approximate surface area is 576 Å². The van der Waals surface area contributed by atoms with Gasteiger partial charge in [-0.2, -0.15) is 5.10 Å². The van der Waals surface area contributed by atoms with Crippen LogP contribution in [0.4, 0.5) is 0 Å². The van der Waals surface area contributed by atoms with Crippen molar-refractivity contribution in [1.82, 2.24) is 60.0 Å². The Bertz CT molecular complexity index is 3150. The first-order valence-corrected chi connectivity index (χ1v) is 33.4. The van der Waals surface area contributed by atoms with Gasteiger partial charge in [0.1, 0.15) is 29.9 Å². The molecular weight excluding hydrogens is 1170 g/mol. The van der Waals surface area contributed by atoms with Crippen LogP contribution < -0.4 is 0 Å². The van der Waals surface area contributed by atoms with Crippen LogP contribution in [0.5, 0.6) is 0 Å². The van der Waals surface area contributed by atoms with Crippen LogP contribution in [0.1, 0.15) is 274 Å². The van der Waals surface area contributed by atoms with E-state index >= 15 is 0 Å². The highest BCUT2D eigenvalue weighted by Gasteiger charge is 2.29. The number of nitrogens with zero attached hydrogens (tertiary/aromatic N) is 11. The van der Waals surface area contributed by atoms with Gasteiger partial charge in [0.05, 0.1) is 12.2 Å². The van der Waals surface area contributed by atoms with Crippen molar-refractivity contribution in [2.24, 2.45) is 15.8 Å². The maximum Gasteiger partial charge on any atom is 0.331 e. The van der Waals surface area contributed by atoms with Gasteiger partial charge in [0.15, 0.2) is 0 Å². The van der Waals surface area contributed by atoms with E-state index < -0.39 is 0 Å². The first-order valence-electron chi connectivity index (χ1n) is 33.4. The van der Waals surface area contributed by atoms with E-state index in [0.29, 0.717) is 0 Å². The zero-order valence-electron chi connectivity index (χ0n) is 65.8. The van der Waals surface area contributed by atoms with E-state index in [9.17, 15) is 4.79 Å². The smallest absolute Gasteiger partial charge is 0.331 e. The highest BCUT2D eigenvalue weighted by atomic mass is 16.5. The van der Waals surface area contributed by atoms with Gasteiger partial charge in [-0.1, -0.05) is 199 Å². The second-order valence-corrected chi connectivity index (χ2v) is 33.9. The highest BCUT2D eigenvalue weighted by Crippen LogP contribution is 2.30. The number of allylic oxidation sites excluding steroid dienone is 1. The maximum absolute atomic E-state index is 10.6. The van der Waals surface area contributed by atoms with Crippen molar-refractivity contribution in [2.45, 2.75) is 286 Å². The van der Waals surface area contributed by atoms with E-state index in [-0.39, 0.29) is 60.8 Å². The molecule has 1 unspecified atom stereocenters. The Hall–Kier alpha value is -7.42. The number of nitrogens with one attached hydrogen (secondary N) is 2. The van der Waals surface area contributed by atoms with E-state index in [1.54, 1.807) is 6.33 Å². The summed E-state index contributed by atoms with van der Waals surface area (Å²) in [7, 11) is 0. The zero-order chi connectivity index (χ0) is 73.5. The van der Waals surface area contributed by atoms with E-state index in [2.05, 4.69) is 275 Å². The predicted molar refractivity (Wildman–Crippen MR) is 400 cm³/mol. The molecule has 2 aliphatic heterocycles. The lowest BCUT2D eigenvalue weighted by Gasteiger charge is -2.23. The Morgan fingerprint density at radius 2 is 1.00 bits per heavy atom. The van der Waals surface area contributed by atoms with E-state index in [0.717, 1.165) is 75.3 Å². The van der Waals surface area contributed by atoms with Gasteiger partial charge in [0, 0.05) is 126 Å². The fraction of sp³-hybridized carbons (Fsp3) is 0.575. The molecule has 0 spiro atoms. The summed E-state index contributed by atoms with van der Waals surface area (Å²) in [5.74, 6) is 2.53. The summed E-state index contributed by atoms with van der Waals surface area (Å²) in [5.41, 5.74) is 16.5. The molecule has 15 nitrogen and oxygen atoms in total. The number of esters is 1. The molecule has 0 aliphatic carbocycles. The molecule has 9 rings (SSSR count). The van der Waals surface area contributed by atoms with Gasteiger partial charge >= 0.3 is 5.97 Å². The average molecular weight is 1300 g/mol. The number of carbonyl (C=O) groups is 1. The lowest BCUT2D eigenvalue weighted by molar-refractivity contribution is -0.142. The maximum atomic E-state index is 10.6. The molecule has 0 aromatic carbocycles. The van der Waals surface area contributed by atoms with Crippen molar-refractivity contribution in [2.75, 3.05) is 6.54 Å². The second kappa shape index (κ2) is 36.1. The number of ether oxygens (including phenoxy) is 1. The van der Waals surface area contributed by atoms with Crippen LogP contribution in [0.25, 0.3) is 0 Å². The quantitative estimate of drug-likeness (QED) is 0.136. The summed E-state index contributed by atoms with van der Waals surface area (Å²) >= 11 is 0. The molecule has 0 saturated carbocycles. The first-order chi connectivity index (χ1) is 43.0. The van der Waals surface area contributed by atoms with E-state index in [1.165, 1.54) is 28.6 Å². The lowest BCUT2D eigenvalue weighted by atomic mass is 9.84.